The van der Waals surface area contributed by atoms with Gasteiger partial charge in [-0.3, -0.25) is 4.79 Å². The molecule has 1 spiro atoms. The zero-order valence-electron chi connectivity index (χ0n) is 14.7. The molecule has 1 atom stereocenters. The molecule has 0 bridgehead atoms. The Morgan fingerprint density at radius 3 is 2.56 bits per heavy atom. The number of hydrogen-bond acceptors (Lipinski definition) is 3. The molecule has 0 heterocycles. The minimum atomic E-state index is -0.594. The Hall–Kier alpha value is -2.68. The van der Waals surface area contributed by atoms with Crippen molar-refractivity contribution in [2.24, 2.45) is 0 Å². The van der Waals surface area contributed by atoms with E-state index in [-0.39, 0.29) is 5.78 Å². The first-order valence-corrected chi connectivity index (χ1v) is 8.54. The molecule has 2 aromatic rings. The number of aryl methyl sites for hydroxylation is 2. The van der Waals surface area contributed by atoms with Crippen LogP contribution in [0.2, 0.25) is 0 Å². The van der Waals surface area contributed by atoms with Gasteiger partial charge in [0.15, 0.2) is 5.78 Å². The first-order chi connectivity index (χ1) is 12.0. The summed E-state index contributed by atoms with van der Waals surface area (Å²) in [6.45, 7) is 4.18. The maximum absolute atomic E-state index is 12.6. The van der Waals surface area contributed by atoms with Gasteiger partial charge in [0, 0.05) is 6.42 Å². The lowest BCUT2D eigenvalue weighted by molar-refractivity contribution is -0.137. The van der Waals surface area contributed by atoms with Crippen molar-refractivity contribution in [2.75, 3.05) is 7.11 Å². The number of carbonyl (C=O) groups is 2. The van der Waals surface area contributed by atoms with Crippen molar-refractivity contribution in [3.63, 3.8) is 0 Å². The van der Waals surface area contributed by atoms with Crippen molar-refractivity contribution < 1.29 is 14.3 Å². The molecule has 0 aliphatic heterocycles. The first kappa shape index (κ1) is 15.8. The molecule has 1 unspecified atom stereocenters. The Morgan fingerprint density at radius 1 is 1.08 bits per heavy atom. The van der Waals surface area contributed by atoms with Crippen LogP contribution in [0.5, 0.6) is 0 Å². The fraction of sp³-hybridized carbons (Fsp3) is 0.273. The molecule has 4 rings (SSSR count). The number of esters is 1. The number of ether oxygens (including phenoxy) is 1. The number of ketones is 1. The molecule has 126 valence electrons. The summed E-state index contributed by atoms with van der Waals surface area (Å²) in [5.74, 6) is -0.432. The number of carbonyl (C=O) groups excluding carboxylic acids is 2. The van der Waals surface area contributed by atoms with Crippen molar-refractivity contribution >= 4 is 11.8 Å². The second-order valence-corrected chi connectivity index (χ2v) is 6.92. The van der Waals surface area contributed by atoms with Gasteiger partial charge in [0.05, 0.1) is 18.1 Å². The van der Waals surface area contributed by atoms with Crippen LogP contribution in [0, 0.1) is 13.8 Å². The zero-order chi connectivity index (χ0) is 17.8. The van der Waals surface area contributed by atoms with Gasteiger partial charge in [0.2, 0.25) is 0 Å². The van der Waals surface area contributed by atoms with Gasteiger partial charge in [-0.15, -0.1) is 0 Å². The van der Waals surface area contributed by atoms with Crippen LogP contribution in [-0.4, -0.2) is 18.9 Å². The number of benzene rings is 2. The molecule has 3 heteroatoms. The molecule has 0 fully saturated rings. The highest BCUT2D eigenvalue weighted by molar-refractivity contribution is 6.06. The minimum Gasteiger partial charge on any atom is -0.466 e. The molecule has 25 heavy (non-hydrogen) atoms. The third-order valence-corrected chi connectivity index (χ3v) is 5.62. The highest BCUT2D eigenvalue weighted by atomic mass is 16.5. The molecule has 2 aromatic carbocycles. The maximum atomic E-state index is 12.6. The third kappa shape index (κ3) is 1.98. The summed E-state index contributed by atoms with van der Waals surface area (Å²) in [5, 5.41) is 0. The van der Waals surface area contributed by atoms with E-state index in [1.165, 1.54) is 24.3 Å². The van der Waals surface area contributed by atoms with E-state index in [4.69, 9.17) is 4.74 Å². The number of fused-ring (bicyclic) bond motifs is 5. The molecule has 2 aliphatic rings. The predicted molar refractivity (Wildman–Crippen MR) is 96.5 cm³/mol. The molecule has 3 nitrogen and oxygen atoms in total. The molecule has 0 N–H and O–H groups in total. The Morgan fingerprint density at radius 2 is 1.80 bits per heavy atom. The van der Waals surface area contributed by atoms with Crippen LogP contribution in [0.15, 0.2) is 48.0 Å². The zero-order valence-corrected chi connectivity index (χ0v) is 14.7. The lowest BCUT2D eigenvalue weighted by Gasteiger charge is -2.36. The molecule has 0 saturated carbocycles. The normalized spacial score (nSPS) is 20.9. The van der Waals surface area contributed by atoms with Crippen molar-refractivity contribution in [1.82, 2.24) is 0 Å². The van der Waals surface area contributed by atoms with Crippen LogP contribution in [0.25, 0.3) is 11.1 Å². The highest BCUT2D eigenvalue weighted by Crippen LogP contribution is 2.58. The minimum absolute atomic E-state index is 0.0118. The van der Waals surface area contributed by atoms with Gasteiger partial charge in [-0.25, -0.2) is 4.79 Å². The second-order valence-electron chi connectivity index (χ2n) is 6.92. The summed E-state index contributed by atoms with van der Waals surface area (Å²) in [6.07, 6.45) is 2.53. The summed E-state index contributed by atoms with van der Waals surface area (Å²) < 4.78 is 5.07. The van der Waals surface area contributed by atoms with E-state index in [2.05, 4.69) is 38.1 Å². The van der Waals surface area contributed by atoms with Crippen molar-refractivity contribution in [1.29, 1.82) is 0 Å². The Bertz CT molecular complexity index is 952. The molecule has 0 radical (unpaired) electrons. The van der Waals surface area contributed by atoms with Gasteiger partial charge < -0.3 is 4.74 Å². The van der Waals surface area contributed by atoms with Gasteiger partial charge in [-0.1, -0.05) is 36.4 Å². The molecular formula is C22H20O3. The van der Waals surface area contributed by atoms with Gasteiger partial charge in [-0.2, -0.15) is 0 Å². The first-order valence-electron chi connectivity index (χ1n) is 8.54. The Kier molecular flexibility index (Phi) is 3.43. The lowest BCUT2D eigenvalue weighted by atomic mass is 9.65. The monoisotopic (exact) mass is 332 g/mol. The van der Waals surface area contributed by atoms with Gasteiger partial charge >= 0.3 is 5.97 Å². The summed E-state index contributed by atoms with van der Waals surface area (Å²) >= 11 is 0. The summed E-state index contributed by atoms with van der Waals surface area (Å²) in [4.78, 5) is 24.8. The number of rotatable bonds is 1. The van der Waals surface area contributed by atoms with Crippen LogP contribution < -0.4 is 0 Å². The van der Waals surface area contributed by atoms with E-state index in [0.29, 0.717) is 18.4 Å². The van der Waals surface area contributed by atoms with Crippen LogP contribution in [0.1, 0.15) is 35.1 Å². The summed E-state index contributed by atoms with van der Waals surface area (Å²) in [6, 6.07) is 12.5. The van der Waals surface area contributed by atoms with E-state index in [9.17, 15) is 9.59 Å². The van der Waals surface area contributed by atoms with Crippen LogP contribution >= 0.6 is 0 Å². The van der Waals surface area contributed by atoms with Crippen LogP contribution in [-0.2, 0) is 19.7 Å². The van der Waals surface area contributed by atoms with E-state index in [0.717, 1.165) is 22.3 Å². The Labute approximate surface area is 147 Å². The van der Waals surface area contributed by atoms with Gasteiger partial charge in [0.25, 0.3) is 0 Å². The average molecular weight is 332 g/mol. The fourth-order valence-corrected chi connectivity index (χ4v) is 4.60. The quantitative estimate of drug-likeness (QED) is 0.741. The number of methoxy groups -OCH3 is 1. The maximum Gasteiger partial charge on any atom is 0.335 e. The molecule has 0 amide bonds. The fourth-order valence-electron chi connectivity index (χ4n) is 4.60. The largest absolute Gasteiger partial charge is 0.466 e. The SMILES string of the molecule is COC(=O)C1=CC(=O)CCC12c1ccccc1-c1c(C)ccc(C)c12. The van der Waals surface area contributed by atoms with E-state index < -0.39 is 11.4 Å². The molecular weight excluding hydrogens is 312 g/mol. The average Bonchev–Trinajstić information content (AvgIpc) is 2.92. The Balaban J connectivity index is 2.16. The van der Waals surface area contributed by atoms with Crippen molar-refractivity contribution in [3.8, 4) is 11.1 Å². The smallest absolute Gasteiger partial charge is 0.335 e. The summed E-state index contributed by atoms with van der Waals surface area (Å²) in [7, 11) is 1.38. The van der Waals surface area contributed by atoms with Crippen LogP contribution in [0.4, 0.5) is 0 Å². The lowest BCUT2D eigenvalue weighted by Crippen LogP contribution is -2.37. The van der Waals surface area contributed by atoms with Crippen molar-refractivity contribution in [3.05, 3.63) is 70.3 Å². The third-order valence-electron chi connectivity index (χ3n) is 5.62. The van der Waals surface area contributed by atoms with E-state index >= 15 is 0 Å². The van der Waals surface area contributed by atoms with Gasteiger partial charge in [0.1, 0.15) is 0 Å². The molecule has 0 aromatic heterocycles. The van der Waals surface area contributed by atoms with Crippen molar-refractivity contribution in [2.45, 2.75) is 32.1 Å². The predicted octanol–water partition coefficient (Wildman–Crippen LogP) is 4.03. The van der Waals surface area contributed by atoms with Crippen LogP contribution in [0.3, 0.4) is 0 Å². The number of hydrogen-bond donors (Lipinski definition) is 0. The summed E-state index contributed by atoms with van der Waals surface area (Å²) in [5.41, 5.74) is 6.80. The molecule has 0 saturated heterocycles. The standard InChI is InChI=1S/C22H20O3/c1-13-8-9-14(2)20-19(13)16-6-4-5-7-17(16)22(20)11-10-15(23)12-18(22)21(24)25-3/h4-9,12H,10-11H2,1-3H3. The highest BCUT2D eigenvalue weighted by Gasteiger charge is 2.51. The van der Waals surface area contributed by atoms with Gasteiger partial charge in [-0.05, 0) is 59.7 Å². The van der Waals surface area contributed by atoms with E-state index in [1.807, 2.05) is 12.1 Å². The molecule has 2 aliphatic carbocycles. The number of allylic oxidation sites excluding steroid dienone is 1. The second kappa shape index (κ2) is 5.41. The topological polar surface area (TPSA) is 43.4 Å². The van der Waals surface area contributed by atoms with E-state index in [1.54, 1.807) is 0 Å².